The Morgan fingerprint density at radius 2 is 1.54 bits per heavy atom. The first-order valence-electron chi connectivity index (χ1n) is 12.0. The van der Waals surface area contributed by atoms with Crippen LogP contribution in [0.4, 0.5) is 0 Å². The second kappa shape index (κ2) is 11.1. The van der Waals surface area contributed by atoms with Gasteiger partial charge in [0.15, 0.2) is 0 Å². The third kappa shape index (κ3) is 7.80. The molecule has 35 heavy (non-hydrogen) atoms. The summed E-state index contributed by atoms with van der Waals surface area (Å²) in [5.41, 5.74) is 1.62. The molecule has 0 saturated heterocycles. The lowest BCUT2D eigenvalue weighted by Crippen LogP contribution is -2.41. The lowest BCUT2D eigenvalue weighted by Gasteiger charge is -2.26. The van der Waals surface area contributed by atoms with Crippen molar-refractivity contribution >= 4 is 28.4 Å². The van der Waals surface area contributed by atoms with Crippen LogP contribution < -0.4 is 10.6 Å². The predicted octanol–water partition coefficient (Wildman–Crippen LogP) is 5.44. The third-order valence-electron chi connectivity index (χ3n) is 5.40. The zero-order valence-electron chi connectivity index (χ0n) is 21.6. The number of hydrogen-bond acceptors (Lipinski definition) is 5. The molecule has 5 nitrogen and oxygen atoms in total. The standard InChI is InChI=1S/C29H38N2O3S/c1-28(2,3)30-26(33)23-13-9-10-14-24(23)35-18-21(32)17-20-16-15-19-11-7-8-12-22(19)25(20)27(34)31-29(4,5)6/h7-16,21,26,30,32-33H,17-18H2,1-6H3,(H,31,34). The number of aliphatic hydroxyl groups excluding tert-OH is 2. The summed E-state index contributed by atoms with van der Waals surface area (Å²) in [5, 5.41) is 29.8. The van der Waals surface area contributed by atoms with Gasteiger partial charge in [0.1, 0.15) is 6.23 Å². The van der Waals surface area contributed by atoms with E-state index in [4.69, 9.17) is 0 Å². The van der Waals surface area contributed by atoms with Crippen LogP contribution in [0.3, 0.4) is 0 Å². The minimum atomic E-state index is -0.802. The molecule has 1 amide bonds. The maximum Gasteiger partial charge on any atom is 0.252 e. The maximum absolute atomic E-state index is 13.3. The van der Waals surface area contributed by atoms with Crippen LogP contribution in [-0.2, 0) is 6.42 Å². The van der Waals surface area contributed by atoms with E-state index in [1.807, 2.05) is 102 Å². The van der Waals surface area contributed by atoms with Gasteiger partial charge < -0.3 is 15.5 Å². The van der Waals surface area contributed by atoms with Gasteiger partial charge in [-0.1, -0.05) is 54.6 Å². The molecule has 188 valence electrons. The van der Waals surface area contributed by atoms with Gasteiger partial charge >= 0.3 is 0 Å². The average Bonchev–Trinajstić information content (AvgIpc) is 2.75. The van der Waals surface area contributed by atoms with E-state index in [0.717, 1.165) is 26.8 Å². The summed E-state index contributed by atoms with van der Waals surface area (Å²) in [6.45, 7) is 11.9. The fraction of sp³-hybridized carbons (Fsp3) is 0.414. The van der Waals surface area contributed by atoms with Crippen molar-refractivity contribution in [3.8, 4) is 0 Å². The van der Waals surface area contributed by atoms with Crippen molar-refractivity contribution in [3.63, 3.8) is 0 Å². The first-order valence-corrected chi connectivity index (χ1v) is 13.0. The monoisotopic (exact) mass is 494 g/mol. The van der Waals surface area contributed by atoms with E-state index in [-0.39, 0.29) is 17.0 Å². The smallest absolute Gasteiger partial charge is 0.252 e. The van der Waals surface area contributed by atoms with Gasteiger partial charge in [-0.05, 0) is 70.4 Å². The number of thioether (sulfide) groups is 1. The molecule has 2 atom stereocenters. The second-order valence-electron chi connectivity index (χ2n) is 11.0. The predicted molar refractivity (Wildman–Crippen MR) is 146 cm³/mol. The van der Waals surface area contributed by atoms with Crippen LogP contribution in [0.1, 0.15) is 69.3 Å². The number of benzene rings is 3. The van der Waals surface area contributed by atoms with Crippen molar-refractivity contribution in [2.45, 2.75) is 76.3 Å². The van der Waals surface area contributed by atoms with E-state index in [1.165, 1.54) is 11.8 Å². The number of hydrogen-bond donors (Lipinski definition) is 4. The minimum absolute atomic E-state index is 0.133. The summed E-state index contributed by atoms with van der Waals surface area (Å²) in [6.07, 6.45) is -1.11. The van der Waals surface area contributed by atoms with Crippen LogP contribution in [0.5, 0.6) is 0 Å². The summed E-state index contributed by atoms with van der Waals surface area (Å²) >= 11 is 1.51. The molecule has 2 unspecified atom stereocenters. The lowest BCUT2D eigenvalue weighted by molar-refractivity contribution is 0.0919. The number of amides is 1. The molecule has 0 aromatic heterocycles. The normalized spacial score (nSPS) is 14.1. The highest BCUT2D eigenvalue weighted by atomic mass is 32.2. The number of nitrogens with one attached hydrogen (secondary N) is 2. The van der Waals surface area contributed by atoms with Crippen LogP contribution in [0.15, 0.2) is 65.6 Å². The van der Waals surface area contributed by atoms with E-state index >= 15 is 0 Å². The molecule has 0 heterocycles. The van der Waals surface area contributed by atoms with Gasteiger partial charge in [0, 0.05) is 27.3 Å². The Kier molecular flexibility index (Phi) is 8.65. The Hall–Kier alpha value is -2.38. The van der Waals surface area contributed by atoms with Crippen molar-refractivity contribution in [2.75, 3.05) is 5.75 Å². The topological polar surface area (TPSA) is 81.6 Å². The van der Waals surface area contributed by atoms with Crippen molar-refractivity contribution < 1.29 is 15.0 Å². The third-order valence-corrected chi connectivity index (χ3v) is 6.64. The zero-order chi connectivity index (χ0) is 25.8. The maximum atomic E-state index is 13.3. The Labute approximate surface area is 213 Å². The van der Waals surface area contributed by atoms with Gasteiger partial charge in [-0.2, -0.15) is 0 Å². The highest BCUT2D eigenvalue weighted by molar-refractivity contribution is 7.99. The first-order chi connectivity index (χ1) is 16.3. The molecule has 3 aromatic carbocycles. The van der Waals surface area contributed by atoms with E-state index in [2.05, 4.69) is 10.6 Å². The van der Waals surface area contributed by atoms with E-state index in [1.54, 1.807) is 0 Å². The largest absolute Gasteiger partial charge is 0.392 e. The van der Waals surface area contributed by atoms with Crippen molar-refractivity contribution in [1.82, 2.24) is 10.6 Å². The van der Waals surface area contributed by atoms with Crippen LogP contribution in [-0.4, -0.2) is 39.1 Å². The van der Waals surface area contributed by atoms with E-state index in [0.29, 0.717) is 17.7 Å². The Morgan fingerprint density at radius 3 is 2.23 bits per heavy atom. The lowest BCUT2D eigenvalue weighted by atomic mass is 9.94. The number of carbonyl (C=O) groups excluding carboxylic acids is 1. The molecule has 0 saturated carbocycles. The molecule has 0 aliphatic heterocycles. The molecule has 3 aromatic rings. The molecule has 0 spiro atoms. The highest BCUT2D eigenvalue weighted by Gasteiger charge is 2.23. The Morgan fingerprint density at radius 1 is 0.886 bits per heavy atom. The van der Waals surface area contributed by atoms with Gasteiger partial charge in [0.25, 0.3) is 5.91 Å². The molecule has 4 N–H and O–H groups in total. The number of aliphatic hydroxyl groups is 2. The Balaban J connectivity index is 1.80. The number of rotatable bonds is 8. The molecule has 3 rings (SSSR count). The van der Waals surface area contributed by atoms with Crippen LogP contribution in [0, 0.1) is 0 Å². The number of fused-ring (bicyclic) bond motifs is 1. The summed E-state index contributed by atoms with van der Waals surface area (Å²) in [7, 11) is 0. The van der Waals surface area contributed by atoms with Gasteiger partial charge in [-0.3, -0.25) is 10.1 Å². The van der Waals surface area contributed by atoms with Crippen LogP contribution in [0.2, 0.25) is 0 Å². The molecule has 0 bridgehead atoms. The number of carbonyl (C=O) groups is 1. The van der Waals surface area contributed by atoms with Crippen molar-refractivity contribution in [2.24, 2.45) is 0 Å². The van der Waals surface area contributed by atoms with Crippen LogP contribution in [0.25, 0.3) is 10.8 Å². The molecule has 0 aliphatic carbocycles. The second-order valence-corrected chi connectivity index (χ2v) is 12.1. The quantitative estimate of drug-likeness (QED) is 0.248. The molecule has 0 aliphatic rings. The highest BCUT2D eigenvalue weighted by Crippen LogP contribution is 2.30. The SMILES string of the molecule is CC(C)(C)NC(=O)c1c(CC(O)CSc2ccccc2C(O)NC(C)(C)C)ccc2ccccc12. The van der Waals surface area contributed by atoms with E-state index in [9.17, 15) is 15.0 Å². The van der Waals surface area contributed by atoms with Gasteiger partial charge in [0.05, 0.1) is 11.7 Å². The molecule has 0 radical (unpaired) electrons. The molecule has 0 fully saturated rings. The first kappa shape index (κ1) is 27.2. The summed E-state index contributed by atoms with van der Waals surface area (Å²) < 4.78 is 0. The van der Waals surface area contributed by atoms with Crippen LogP contribution >= 0.6 is 11.8 Å². The molecular weight excluding hydrogens is 456 g/mol. The van der Waals surface area contributed by atoms with Gasteiger partial charge in [-0.25, -0.2) is 0 Å². The average molecular weight is 495 g/mol. The minimum Gasteiger partial charge on any atom is -0.392 e. The summed E-state index contributed by atoms with van der Waals surface area (Å²) in [5.74, 6) is 0.303. The summed E-state index contributed by atoms with van der Waals surface area (Å²) in [4.78, 5) is 14.2. The Bertz CT molecular complexity index is 1160. The molecule has 6 heteroatoms. The van der Waals surface area contributed by atoms with E-state index < -0.39 is 12.3 Å². The fourth-order valence-electron chi connectivity index (χ4n) is 3.98. The summed E-state index contributed by atoms with van der Waals surface area (Å²) in [6, 6.07) is 19.5. The van der Waals surface area contributed by atoms with Crippen molar-refractivity contribution in [3.05, 3.63) is 77.4 Å². The molecular formula is C29H38N2O3S. The zero-order valence-corrected chi connectivity index (χ0v) is 22.4. The van der Waals surface area contributed by atoms with Gasteiger partial charge in [-0.15, -0.1) is 11.8 Å². The fourth-order valence-corrected chi connectivity index (χ4v) is 4.99. The van der Waals surface area contributed by atoms with Gasteiger partial charge in [0.2, 0.25) is 0 Å². The van der Waals surface area contributed by atoms with Crippen molar-refractivity contribution in [1.29, 1.82) is 0 Å².